The quantitative estimate of drug-likeness (QED) is 0.0343. The highest BCUT2D eigenvalue weighted by atomic mass is 16.6. The van der Waals surface area contributed by atoms with Gasteiger partial charge in [-0.25, -0.2) is 0 Å². The van der Waals surface area contributed by atoms with Crippen molar-refractivity contribution >= 4 is 17.9 Å². The second-order valence-corrected chi connectivity index (χ2v) is 22.2. The van der Waals surface area contributed by atoms with Crippen LogP contribution < -0.4 is 0 Å². The third kappa shape index (κ3) is 53.6. The second kappa shape index (κ2) is 52.2. The molecular weight excluding hydrogens is 829 g/mol. The number of ether oxygens (including phenoxy) is 3. The van der Waals surface area contributed by atoms with Crippen molar-refractivity contribution in [1.82, 2.24) is 0 Å². The van der Waals surface area contributed by atoms with Gasteiger partial charge < -0.3 is 14.2 Å². The molecule has 6 nitrogen and oxygen atoms in total. The molecule has 0 heterocycles. The summed E-state index contributed by atoms with van der Waals surface area (Å²) in [6.45, 7) is 13.8. The molecule has 0 aromatic carbocycles. The minimum absolute atomic E-state index is 0.0635. The van der Waals surface area contributed by atoms with E-state index in [2.05, 4.69) is 41.5 Å². The zero-order chi connectivity index (χ0) is 49.1. The van der Waals surface area contributed by atoms with Gasteiger partial charge in [0.1, 0.15) is 13.2 Å². The van der Waals surface area contributed by atoms with Gasteiger partial charge in [-0.15, -0.1) is 0 Å². The molecule has 0 N–H and O–H groups in total. The van der Waals surface area contributed by atoms with Gasteiger partial charge in [-0.1, -0.05) is 298 Å². The van der Waals surface area contributed by atoms with Crippen LogP contribution in [0.15, 0.2) is 0 Å². The summed E-state index contributed by atoms with van der Waals surface area (Å²) < 4.78 is 16.9. The molecule has 2 atom stereocenters. The maximum absolute atomic E-state index is 12.8. The van der Waals surface area contributed by atoms with Gasteiger partial charge in [0.2, 0.25) is 0 Å². The summed E-state index contributed by atoms with van der Waals surface area (Å²) in [4.78, 5) is 38.2. The molecule has 0 spiro atoms. The van der Waals surface area contributed by atoms with Crippen LogP contribution >= 0.6 is 0 Å². The maximum Gasteiger partial charge on any atom is 0.306 e. The van der Waals surface area contributed by atoms with Gasteiger partial charge in [0.05, 0.1) is 0 Å². The average molecular weight is 948 g/mol. The Balaban J connectivity index is 4.23. The zero-order valence-corrected chi connectivity index (χ0v) is 46.2. The van der Waals surface area contributed by atoms with E-state index in [9.17, 15) is 14.4 Å². The van der Waals surface area contributed by atoms with E-state index in [0.29, 0.717) is 19.3 Å². The first-order valence-electron chi connectivity index (χ1n) is 30.1. The Hall–Kier alpha value is -1.59. The monoisotopic (exact) mass is 947 g/mol. The van der Waals surface area contributed by atoms with E-state index >= 15 is 0 Å². The predicted octanol–water partition coefficient (Wildman–Crippen LogP) is 19.9. The van der Waals surface area contributed by atoms with Gasteiger partial charge in [-0.3, -0.25) is 14.4 Å². The highest BCUT2D eigenvalue weighted by Gasteiger charge is 2.19. The van der Waals surface area contributed by atoms with Crippen LogP contribution in [0, 0.1) is 17.8 Å². The predicted molar refractivity (Wildman–Crippen MR) is 289 cm³/mol. The topological polar surface area (TPSA) is 78.9 Å². The van der Waals surface area contributed by atoms with Gasteiger partial charge >= 0.3 is 17.9 Å². The number of hydrogen-bond acceptors (Lipinski definition) is 6. The van der Waals surface area contributed by atoms with Crippen molar-refractivity contribution in [3.8, 4) is 0 Å². The molecule has 0 saturated carbocycles. The lowest BCUT2D eigenvalue weighted by molar-refractivity contribution is -0.167. The fourth-order valence-corrected chi connectivity index (χ4v) is 9.32. The van der Waals surface area contributed by atoms with E-state index in [4.69, 9.17) is 14.2 Å². The van der Waals surface area contributed by atoms with E-state index in [1.165, 1.54) is 218 Å². The van der Waals surface area contributed by atoms with Gasteiger partial charge in [0.15, 0.2) is 6.10 Å². The van der Waals surface area contributed by atoms with E-state index in [0.717, 1.165) is 75.5 Å². The normalized spacial score (nSPS) is 12.5. The van der Waals surface area contributed by atoms with E-state index in [1.54, 1.807) is 0 Å². The molecule has 0 aromatic rings. The molecule has 0 rings (SSSR count). The fourth-order valence-electron chi connectivity index (χ4n) is 9.32. The molecule has 1 unspecified atom stereocenters. The molecule has 6 heteroatoms. The van der Waals surface area contributed by atoms with Gasteiger partial charge in [-0.05, 0) is 37.0 Å². The summed E-state index contributed by atoms with van der Waals surface area (Å²) in [5.41, 5.74) is 0. The first-order valence-corrected chi connectivity index (χ1v) is 30.1. The smallest absolute Gasteiger partial charge is 0.306 e. The molecule has 398 valence electrons. The molecule has 67 heavy (non-hydrogen) atoms. The Labute approximate surface area is 418 Å². The van der Waals surface area contributed by atoms with Crippen LogP contribution in [0.3, 0.4) is 0 Å². The van der Waals surface area contributed by atoms with Gasteiger partial charge in [0.25, 0.3) is 0 Å². The van der Waals surface area contributed by atoms with Crippen LogP contribution in [0.4, 0.5) is 0 Å². The standard InChI is InChI=1S/C61H118O6/c1-7-57(6)49-43-37-31-25-18-14-12-10-8-9-11-13-15-19-26-32-38-44-50-59(62)65-53-58(67-61(64)52-46-40-34-28-22-21-24-30-36-42-48-56(4)5)54-66-60(63)51-45-39-33-27-20-16-17-23-29-35-41-47-55(2)3/h55-58H,7-54H2,1-6H3/t57?,58-/m0/s1. The van der Waals surface area contributed by atoms with Gasteiger partial charge in [-0.2, -0.15) is 0 Å². The average Bonchev–Trinajstić information content (AvgIpc) is 3.30. The fraction of sp³-hybridized carbons (Fsp3) is 0.951. The molecule has 0 radical (unpaired) electrons. The van der Waals surface area contributed by atoms with Crippen molar-refractivity contribution in [2.75, 3.05) is 13.2 Å². The highest BCUT2D eigenvalue weighted by molar-refractivity contribution is 5.71. The van der Waals surface area contributed by atoms with Crippen LogP contribution in [0.1, 0.15) is 337 Å². The highest BCUT2D eigenvalue weighted by Crippen LogP contribution is 2.19. The molecule has 0 aliphatic carbocycles. The Kier molecular flexibility index (Phi) is 51.0. The Bertz CT molecular complexity index is 1040. The summed E-state index contributed by atoms with van der Waals surface area (Å²) >= 11 is 0. The third-order valence-corrected chi connectivity index (χ3v) is 14.3. The van der Waals surface area contributed by atoms with Crippen LogP contribution in [-0.2, 0) is 28.6 Å². The minimum Gasteiger partial charge on any atom is -0.462 e. The molecule has 0 fully saturated rings. The SMILES string of the molecule is CCC(C)CCCCCCCCCCCCCCCCCCCCC(=O)OC[C@@H](COC(=O)CCCCCCCCCCCCCC(C)C)OC(=O)CCCCCCCCCCCCC(C)C. The Morgan fingerprint density at radius 3 is 0.776 bits per heavy atom. The van der Waals surface area contributed by atoms with E-state index in [1.807, 2.05) is 0 Å². The van der Waals surface area contributed by atoms with Crippen molar-refractivity contribution in [1.29, 1.82) is 0 Å². The molecule has 0 saturated heterocycles. The number of rotatable bonds is 54. The molecule has 0 bridgehead atoms. The van der Waals surface area contributed by atoms with E-state index < -0.39 is 6.10 Å². The lowest BCUT2D eigenvalue weighted by Crippen LogP contribution is -2.30. The number of unbranched alkanes of at least 4 members (excludes halogenated alkanes) is 36. The molecule has 0 aliphatic rings. The summed E-state index contributed by atoms with van der Waals surface area (Å²) in [6.07, 6.45) is 55.3. The van der Waals surface area contributed by atoms with Crippen molar-refractivity contribution < 1.29 is 28.6 Å². The summed E-state index contributed by atoms with van der Waals surface area (Å²) in [7, 11) is 0. The summed E-state index contributed by atoms with van der Waals surface area (Å²) in [6, 6.07) is 0. The third-order valence-electron chi connectivity index (χ3n) is 14.3. The Morgan fingerprint density at radius 1 is 0.299 bits per heavy atom. The van der Waals surface area contributed by atoms with Crippen molar-refractivity contribution in [3.05, 3.63) is 0 Å². The number of carbonyl (C=O) groups is 3. The number of hydrogen-bond donors (Lipinski definition) is 0. The second-order valence-electron chi connectivity index (χ2n) is 22.2. The first kappa shape index (κ1) is 65.4. The summed E-state index contributed by atoms with van der Waals surface area (Å²) in [5.74, 6) is 1.71. The number of carbonyl (C=O) groups excluding carboxylic acids is 3. The van der Waals surface area contributed by atoms with Crippen LogP contribution in [0.25, 0.3) is 0 Å². The molecule has 0 aromatic heterocycles. The van der Waals surface area contributed by atoms with Crippen molar-refractivity contribution in [3.63, 3.8) is 0 Å². The summed E-state index contributed by atoms with van der Waals surface area (Å²) in [5, 5.41) is 0. The van der Waals surface area contributed by atoms with Crippen LogP contribution in [-0.4, -0.2) is 37.2 Å². The van der Waals surface area contributed by atoms with Crippen molar-refractivity contribution in [2.45, 2.75) is 343 Å². The Morgan fingerprint density at radius 2 is 0.522 bits per heavy atom. The lowest BCUT2D eigenvalue weighted by atomic mass is 9.99. The minimum atomic E-state index is -0.764. The van der Waals surface area contributed by atoms with E-state index in [-0.39, 0.29) is 31.1 Å². The molecule has 0 aliphatic heterocycles. The molecular formula is C61H118O6. The molecule has 0 amide bonds. The van der Waals surface area contributed by atoms with Gasteiger partial charge in [0, 0.05) is 19.3 Å². The maximum atomic E-state index is 12.8. The van der Waals surface area contributed by atoms with Crippen LogP contribution in [0.5, 0.6) is 0 Å². The first-order chi connectivity index (χ1) is 32.6. The van der Waals surface area contributed by atoms with Crippen LogP contribution in [0.2, 0.25) is 0 Å². The number of esters is 3. The van der Waals surface area contributed by atoms with Crippen molar-refractivity contribution in [2.24, 2.45) is 17.8 Å². The lowest BCUT2D eigenvalue weighted by Gasteiger charge is -2.18. The zero-order valence-electron chi connectivity index (χ0n) is 46.2. The largest absolute Gasteiger partial charge is 0.462 e.